The van der Waals surface area contributed by atoms with Crippen molar-refractivity contribution in [2.75, 3.05) is 23.4 Å². The lowest BCUT2D eigenvalue weighted by Crippen LogP contribution is -2.19. The SMILES string of the molecule is Cc1sc(NC(=O)CSCC(O)CO)c(C#N)c1C. The molecule has 0 aromatic carbocycles. The molecule has 0 aliphatic rings. The van der Waals surface area contributed by atoms with Gasteiger partial charge in [0.05, 0.1) is 24.0 Å². The predicted octanol–water partition coefficient (Wildman–Crippen LogP) is 1.26. The molecule has 0 aliphatic carbocycles. The highest BCUT2D eigenvalue weighted by atomic mass is 32.2. The molecule has 1 atom stereocenters. The Hall–Kier alpha value is -1.07. The number of thiophene rings is 1. The maximum Gasteiger partial charge on any atom is 0.235 e. The number of aliphatic hydroxyl groups excluding tert-OH is 2. The smallest absolute Gasteiger partial charge is 0.235 e. The van der Waals surface area contributed by atoms with E-state index in [0.717, 1.165) is 10.4 Å². The summed E-state index contributed by atoms with van der Waals surface area (Å²) >= 11 is 2.62. The molecule has 1 unspecified atom stereocenters. The van der Waals surface area contributed by atoms with E-state index in [4.69, 9.17) is 15.5 Å². The fourth-order valence-electron chi connectivity index (χ4n) is 1.35. The molecule has 1 aromatic heterocycles. The van der Waals surface area contributed by atoms with Gasteiger partial charge in [-0.25, -0.2) is 0 Å². The van der Waals surface area contributed by atoms with Gasteiger partial charge in [-0.3, -0.25) is 4.79 Å². The van der Waals surface area contributed by atoms with Crippen LogP contribution in [0.3, 0.4) is 0 Å². The molecule has 0 saturated heterocycles. The highest BCUT2D eigenvalue weighted by Gasteiger charge is 2.14. The third-order valence-corrected chi connectivity index (χ3v) is 4.71. The normalized spacial score (nSPS) is 11.9. The van der Waals surface area contributed by atoms with Crippen LogP contribution in [0.5, 0.6) is 0 Å². The molecular formula is C12H16N2O3S2. The molecule has 0 fully saturated rings. The zero-order valence-corrected chi connectivity index (χ0v) is 12.4. The van der Waals surface area contributed by atoms with E-state index in [-0.39, 0.29) is 18.3 Å². The van der Waals surface area contributed by atoms with Crippen molar-refractivity contribution < 1.29 is 15.0 Å². The number of carbonyl (C=O) groups excluding carboxylic acids is 1. The summed E-state index contributed by atoms with van der Waals surface area (Å²) in [5, 5.41) is 30.1. The number of rotatable bonds is 6. The van der Waals surface area contributed by atoms with Crippen molar-refractivity contribution in [1.29, 1.82) is 5.26 Å². The lowest BCUT2D eigenvalue weighted by atomic mass is 10.2. The van der Waals surface area contributed by atoms with Crippen molar-refractivity contribution in [3.63, 3.8) is 0 Å². The lowest BCUT2D eigenvalue weighted by molar-refractivity contribution is -0.113. The molecule has 104 valence electrons. The molecule has 0 aliphatic heterocycles. The van der Waals surface area contributed by atoms with Gasteiger partial charge in [0.1, 0.15) is 11.1 Å². The molecule has 5 nitrogen and oxygen atoms in total. The minimum atomic E-state index is -0.807. The van der Waals surface area contributed by atoms with Gasteiger partial charge >= 0.3 is 0 Å². The average Bonchev–Trinajstić information content (AvgIpc) is 2.64. The molecule has 0 spiro atoms. The summed E-state index contributed by atoms with van der Waals surface area (Å²) in [5.74, 6) is 0.267. The Morgan fingerprint density at radius 1 is 1.58 bits per heavy atom. The van der Waals surface area contributed by atoms with Gasteiger partial charge in [0.15, 0.2) is 0 Å². The maximum absolute atomic E-state index is 11.7. The zero-order chi connectivity index (χ0) is 14.4. The van der Waals surface area contributed by atoms with Crippen LogP contribution >= 0.6 is 23.1 Å². The van der Waals surface area contributed by atoms with Crippen LogP contribution in [-0.4, -0.2) is 40.3 Å². The van der Waals surface area contributed by atoms with Crippen LogP contribution in [0.1, 0.15) is 16.0 Å². The number of carbonyl (C=O) groups is 1. The van der Waals surface area contributed by atoms with Gasteiger partial charge in [-0.2, -0.15) is 5.26 Å². The molecule has 1 heterocycles. The van der Waals surface area contributed by atoms with Crippen LogP contribution in [0.4, 0.5) is 5.00 Å². The minimum Gasteiger partial charge on any atom is -0.394 e. The number of thioether (sulfide) groups is 1. The van der Waals surface area contributed by atoms with Gasteiger partial charge in [0, 0.05) is 10.6 Å². The van der Waals surface area contributed by atoms with Gasteiger partial charge in [-0.1, -0.05) is 0 Å². The van der Waals surface area contributed by atoms with Crippen molar-refractivity contribution in [1.82, 2.24) is 0 Å². The summed E-state index contributed by atoms with van der Waals surface area (Å²) in [6, 6.07) is 2.09. The topological polar surface area (TPSA) is 93.3 Å². The number of amides is 1. The first-order valence-electron chi connectivity index (χ1n) is 5.66. The highest BCUT2D eigenvalue weighted by Crippen LogP contribution is 2.31. The summed E-state index contributed by atoms with van der Waals surface area (Å²) in [5.41, 5.74) is 1.40. The average molecular weight is 300 g/mol. The van der Waals surface area contributed by atoms with Crippen LogP contribution in [0, 0.1) is 25.2 Å². The van der Waals surface area contributed by atoms with E-state index in [0.29, 0.717) is 16.3 Å². The number of hydrogen-bond donors (Lipinski definition) is 3. The van der Waals surface area contributed by atoms with E-state index in [1.165, 1.54) is 23.1 Å². The van der Waals surface area contributed by atoms with E-state index >= 15 is 0 Å². The van der Waals surface area contributed by atoms with E-state index in [1.54, 1.807) is 0 Å². The van der Waals surface area contributed by atoms with E-state index < -0.39 is 6.10 Å². The molecule has 19 heavy (non-hydrogen) atoms. The second-order valence-corrected chi connectivity index (χ2v) is 6.25. The molecule has 1 rings (SSSR count). The van der Waals surface area contributed by atoms with Crippen molar-refractivity contribution >= 4 is 34.0 Å². The van der Waals surface area contributed by atoms with E-state index in [2.05, 4.69) is 11.4 Å². The first-order valence-corrected chi connectivity index (χ1v) is 7.63. The number of nitriles is 1. The summed E-state index contributed by atoms with van der Waals surface area (Å²) in [4.78, 5) is 12.7. The monoisotopic (exact) mass is 300 g/mol. The van der Waals surface area contributed by atoms with Crippen molar-refractivity contribution in [2.24, 2.45) is 0 Å². The Morgan fingerprint density at radius 3 is 2.84 bits per heavy atom. The van der Waals surface area contributed by atoms with Crippen molar-refractivity contribution in [3.8, 4) is 6.07 Å². The molecule has 3 N–H and O–H groups in total. The van der Waals surface area contributed by atoms with E-state index in [9.17, 15) is 4.79 Å². The Labute approximate surface area is 120 Å². The van der Waals surface area contributed by atoms with Gasteiger partial charge in [-0.05, 0) is 19.4 Å². The van der Waals surface area contributed by atoms with Crippen LogP contribution in [0.2, 0.25) is 0 Å². The fraction of sp³-hybridized carbons (Fsp3) is 0.500. The Kier molecular flexibility index (Phi) is 6.31. The second-order valence-electron chi connectivity index (χ2n) is 4.00. The molecular weight excluding hydrogens is 284 g/mol. The van der Waals surface area contributed by atoms with E-state index in [1.807, 2.05) is 13.8 Å². The standard InChI is InChI=1S/C12H16N2O3S2/c1-7-8(2)19-12(10(7)3-13)14-11(17)6-18-5-9(16)4-15/h9,15-16H,4-6H2,1-2H3,(H,14,17). The molecule has 1 amide bonds. The van der Waals surface area contributed by atoms with Gasteiger partial charge in [0.2, 0.25) is 5.91 Å². The minimum absolute atomic E-state index is 0.178. The lowest BCUT2D eigenvalue weighted by Gasteiger charge is -2.06. The number of aliphatic hydroxyl groups is 2. The highest BCUT2D eigenvalue weighted by molar-refractivity contribution is 8.00. The van der Waals surface area contributed by atoms with Crippen LogP contribution in [-0.2, 0) is 4.79 Å². The first-order chi connectivity index (χ1) is 8.99. The quantitative estimate of drug-likeness (QED) is 0.735. The maximum atomic E-state index is 11.7. The summed E-state index contributed by atoms with van der Waals surface area (Å²) in [6.45, 7) is 3.45. The number of hydrogen-bond acceptors (Lipinski definition) is 6. The number of nitrogens with zero attached hydrogens (tertiary/aromatic N) is 1. The Morgan fingerprint density at radius 2 is 2.26 bits per heavy atom. The van der Waals surface area contributed by atoms with Crippen LogP contribution < -0.4 is 5.32 Å². The van der Waals surface area contributed by atoms with Crippen LogP contribution in [0.15, 0.2) is 0 Å². The van der Waals surface area contributed by atoms with Gasteiger partial charge in [-0.15, -0.1) is 23.1 Å². The Bertz CT molecular complexity index is 494. The summed E-state index contributed by atoms with van der Waals surface area (Å²) < 4.78 is 0. The van der Waals surface area contributed by atoms with Crippen LogP contribution in [0.25, 0.3) is 0 Å². The summed E-state index contributed by atoms with van der Waals surface area (Å²) in [7, 11) is 0. The molecule has 0 bridgehead atoms. The molecule has 1 aromatic rings. The second kappa shape index (κ2) is 7.50. The molecule has 0 radical (unpaired) electrons. The predicted molar refractivity (Wildman–Crippen MR) is 77.6 cm³/mol. The summed E-state index contributed by atoms with van der Waals surface area (Å²) in [6.07, 6.45) is -0.807. The Balaban J connectivity index is 2.54. The van der Waals surface area contributed by atoms with Gasteiger partial charge < -0.3 is 15.5 Å². The number of nitrogens with one attached hydrogen (secondary N) is 1. The van der Waals surface area contributed by atoms with Gasteiger partial charge in [0.25, 0.3) is 0 Å². The fourth-order valence-corrected chi connectivity index (χ4v) is 3.13. The third kappa shape index (κ3) is 4.51. The molecule has 7 heteroatoms. The number of anilines is 1. The zero-order valence-electron chi connectivity index (χ0n) is 10.8. The van der Waals surface area contributed by atoms with Crippen molar-refractivity contribution in [2.45, 2.75) is 20.0 Å². The molecule has 0 saturated carbocycles. The third-order valence-electron chi connectivity index (χ3n) is 2.50. The largest absolute Gasteiger partial charge is 0.394 e. The number of aryl methyl sites for hydroxylation is 1. The van der Waals surface area contributed by atoms with Crippen molar-refractivity contribution in [3.05, 3.63) is 16.0 Å². The first kappa shape index (κ1) is 16.0.